The van der Waals surface area contributed by atoms with E-state index in [0.717, 1.165) is 57.8 Å². The van der Waals surface area contributed by atoms with E-state index in [0.29, 0.717) is 23.9 Å². The molecule has 0 rings (SSSR count). The second-order valence-corrected chi connectivity index (χ2v) is 26.4. The predicted octanol–water partition coefficient (Wildman–Crippen LogP) is 22.3. The third-order valence-corrected chi connectivity index (χ3v) is 16.7. The number of allylic oxidation sites excluding steroid dienone is 6. The molecule has 0 fully saturated rings. The maximum Gasteiger partial charge on any atom is 0.472 e. The number of carbonyl (C=O) groups is 2. The van der Waals surface area contributed by atoms with Crippen LogP contribution in [0.3, 0.4) is 0 Å². The summed E-state index contributed by atoms with van der Waals surface area (Å²) in [6.07, 6.45) is 78.3. The van der Waals surface area contributed by atoms with Crippen LogP contribution < -0.4 is 0 Å². The van der Waals surface area contributed by atoms with E-state index in [1.807, 2.05) is 21.1 Å². The Morgan fingerprint density at radius 2 is 0.675 bits per heavy atom. The summed E-state index contributed by atoms with van der Waals surface area (Å²) in [5.41, 5.74) is 0. The summed E-state index contributed by atoms with van der Waals surface area (Å²) < 4.78 is 34.7. The van der Waals surface area contributed by atoms with Crippen LogP contribution in [0.2, 0.25) is 0 Å². The number of esters is 2. The summed E-state index contributed by atoms with van der Waals surface area (Å²) in [5, 5.41) is 0. The zero-order chi connectivity index (χ0) is 58.4. The number of hydrogen-bond donors (Lipinski definition) is 1. The fourth-order valence-corrected chi connectivity index (χ4v) is 11.1. The molecular weight excluding hydrogens is 1010 g/mol. The van der Waals surface area contributed by atoms with Gasteiger partial charge in [0.15, 0.2) is 6.10 Å². The maximum atomic E-state index is 12.9. The van der Waals surface area contributed by atoms with E-state index < -0.39 is 26.5 Å². The fourth-order valence-electron chi connectivity index (χ4n) is 10.3. The minimum atomic E-state index is -4.39. The van der Waals surface area contributed by atoms with Crippen molar-refractivity contribution in [3.63, 3.8) is 0 Å². The molecule has 1 N–H and O–H groups in total. The van der Waals surface area contributed by atoms with Gasteiger partial charge >= 0.3 is 19.8 Å². The molecule has 0 bridgehead atoms. The highest BCUT2D eigenvalue weighted by Gasteiger charge is 2.27. The maximum absolute atomic E-state index is 12.9. The standard InChI is InChI=1S/C70H134NO8P/c1-6-8-10-12-14-16-18-20-22-24-26-28-30-31-32-33-34-35-36-37-38-39-41-42-44-46-48-50-52-54-56-58-60-62-69(72)76-66-68(67-78-80(74,75)77-65-64-71(3,4)5)79-70(73)63-61-59-57-55-53-51-49-47-45-43-40-29-27-25-23-21-19-17-15-13-11-9-7-2/h19,21,25,27,40,43,68H,6-18,20,22-24,26,28-39,41-42,44-67H2,1-5H3/p+1/b21-19-,27-25-,43-40-. The second-order valence-electron chi connectivity index (χ2n) is 24.9. The molecule has 80 heavy (non-hydrogen) atoms. The van der Waals surface area contributed by atoms with Crippen LogP contribution >= 0.6 is 7.82 Å². The summed E-state index contributed by atoms with van der Waals surface area (Å²) in [5.74, 6) is -0.788. The average Bonchev–Trinajstić information content (AvgIpc) is 3.42. The number of unbranched alkanes of at least 4 members (excludes halogenated alkanes) is 45. The monoisotopic (exact) mass is 1150 g/mol. The van der Waals surface area contributed by atoms with E-state index in [9.17, 15) is 19.0 Å². The first-order valence-electron chi connectivity index (χ1n) is 34.7. The summed E-state index contributed by atoms with van der Waals surface area (Å²) >= 11 is 0. The van der Waals surface area contributed by atoms with Gasteiger partial charge in [0.05, 0.1) is 27.7 Å². The topological polar surface area (TPSA) is 108 Å². The molecule has 472 valence electrons. The molecule has 0 aliphatic heterocycles. The number of hydrogen-bond acceptors (Lipinski definition) is 7. The Hall–Kier alpha value is -1.77. The van der Waals surface area contributed by atoms with Gasteiger partial charge in [0.2, 0.25) is 0 Å². The Balaban J connectivity index is 3.99. The molecule has 0 spiro atoms. The van der Waals surface area contributed by atoms with Crippen molar-refractivity contribution in [1.82, 2.24) is 0 Å². The Kier molecular flexibility index (Phi) is 60.4. The third kappa shape index (κ3) is 65.4. The number of nitrogens with zero attached hydrogens (tertiary/aromatic N) is 1. The van der Waals surface area contributed by atoms with Gasteiger partial charge in [-0.05, 0) is 51.4 Å². The van der Waals surface area contributed by atoms with Crippen LogP contribution in [0.25, 0.3) is 0 Å². The van der Waals surface area contributed by atoms with Crippen LogP contribution in [0.1, 0.15) is 348 Å². The van der Waals surface area contributed by atoms with Gasteiger partial charge in [-0.15, -0.1) is 0 Å². The average molecular weight is 1150 g/mol. The smallest absolute Gasteiger partial charge is 0.462 e. The number of carbonyl (C=O) groups excluding carboxylic acids is 2. The number of rotatable bonds is 65. The molecule has 0 amide bonds. The lowest BCUT2D eigenvalue weighted by Crippen LogP contribution is -2.37. The van der Waals surface area contributed by atoms with Crippen LogP contribution in [-0.2, 0) is 32.7 Å². The minimum Gasteiger partial charge on any atom is -0.462 e. The van der Waals surface area contributed by atoms with Gasteiger partial charge in [0.1, 0.15) is 19.8 Å². The van der Waals surface area contributed by atoms with E-state index in [2.05, 4.69) is 50.3 Å². The van der Waals surface area contributed by atoms with Crippen molar-refractivity contribution in [3.05, 3.63) is 36.5 Å². The first kappa shape index (κ1) is 78.2. The number of phosphoric ester groups is 1. The SMILES string of the molecule is CCCCCCC/C=C\C/C=C\C/C=C\CCCCCCCCCCC(=O)OC(COC(=O)CCCCCCCCCCCCCCCCCCCCCCCCCCCCCCCCCCC)COP(=O)(O)OCC[N+](C)(C)C. The number of phosphoric acid groups is 1. The minimum absolute atomic E-state index is 0.0315. The van der Waals surface area contributed by atoms with Crippen molar-refractivity contribution in [2.24, 2.45) is 0 Å². The van der Waals surface area contributed by atoms with Gasteiger partial charge in [-0.3, -0.25) is 18.6 Å². The molecule has 0 saturated heterocycles. The van der Waals surface area contributed by atoms with Crippen molar-refractivity contribution in [2.75, 3.05) is 47.5 Å². The Morgan fingerprint density at radius 1 is 0.388 bits per heavy atom. The lowest BCUT2D eigenvalue weighted by Gasteiger charge is -2.24. The highest BCUT2D eigenvalue weighted by atomic mass is 31.2. The van der Waals surface area contributed by atoms with Crippen LogP contribution in [0.5, 0.6) is 0 Å². The molecule has 2 unspecified atom stereocenters. The largest absolute Gasteiger partial charge is 0.472 e. The van der Waals surface area contributed by atoms with Crippen molar-refractivity contribution < 1.29 is 42.1 Å². The molecule has 0 aliphatic rings. The normalized spacial score (nSPS) is 13.3. The van der Waals surface area contributed by atoms with Crippen LogP contribution in [0.4, 0.5) is 0 Å². The molecule has 2 atom stereocenters. The molecule has 0 saturated carbocycles. The molecular formula is C70H135NO8P+. The van der Waals surface area contributed by atoms with Crippen LogP contribution in [0.15, 0.2) is 36.5 Å². The molecule has 0 aliphatic carbocycles. The lowest BCUT2D eigenvalue weighted by molar-refractivity contribution is -0.870. The first-order chi connectivity index (χ1) is 39.0. The first-order valence-corrected chi connectivity index (χ1v) is 36.2. The van der Waals surface area contributed by atoms with Gasteiger partial charge in [0, 0.05) is 12.8 Å². The van der Waals surface area contributed by atoms with Crippen molar-refractivity contribution >= 4 is 19.8 Å². The van der Waals surface area contributed by atoms with Gasteiger partial charge < -0.3 is 18.9 Å². The second kappa shape index (κ2) is 61.8. The zero-order valence-electron chi connectivity index (χ0n) is 53.8. The van der Waals surface area contributed by atoms with Gasteiger partial charge in [-0.2, -0.15) is 0 Å². The Morgan fingerprint density at radius 3 is 1.00 bits per heavy atom. The van der Waals surface area contributed by atoms with E-state index >= 15 is 0 Å². The number of ether oxygens (including phenoxy) is 2. The number of likely N-dealkylation sites (N-methyl/N-ethyl adjacent to an activating group) is 1. The third-order valence-electron chi connectivity index (χ3n) is 15.7. The summed E-state index contributed by atoms with van der Waals surface area (Å²) in [6.45, 7) is 4.47. The molecule has 0 aromatic carbocycles. The van der Waals surface area contributed by atoms with Gasteiger partial charge in [0.25, 0.3) is 0 Å². The highest BCUT2D eigenvalue weighted by Crippen LogP contribution is 2.43. The molecule has 0 radical (unpaired) electrons. The summed E-state index contributed by atoms with van der Waals surface area (Å²) in [4.78, 5) is 35.8. The van der Waals surface area contributed by atoms with Crippen molar-refractivity contribution in [2.45, 2.75) is 354 Å². The van der Waals surface area contributed by atoms with Crippen molar-refractivity contribution in [3.8, 4) is 0 Å². The summed E-state index contributed by atoms with van der Waals surface area (Å²) in [6, 6.07) is 0. The van der Waals surface area contributed by atoms with Gasteiger partial charge in [-0.1, -0.05) is 320 Å². The molecule has 9 nitrogen and oxygen atoms in total. The zero-order valence-corrected chi connectivity index (χ0v) is 54.7. The Bertz CT molecular complexity index is 1440. The van der Waals surface area contributed by atoms with E-state index in [4.69, 9.17) is 18.5 Å². The molecule has 0 heterocycles. The van der Waals surface area contributed by atoms with E-state index in [-0.39, 0.29) is 25.6 Å². The molecule has 10 heteroatoms. The molecule has 0 aromatic rings. The quantitative estimate of drug-likeness (QED) is 0.0211. The van der Waals surface area contributed by atoms with E-state index in [1.165, 1.54) is 257 Å². The van der Waals surface area contributed by atoms with Gasteiger partial charge in [-0.25, -0.2) is 4.57 Å². The van der Waals surface area contributed by atoms with E-state index in [1.54, 1.807) is 0 Å². The van der Waals surface area contributed by atoms with Crippen LogP contribution in [0, 0.1) is 0 Å². The fraction of sp³-hybridized carbons (Fsp3) is 0.886. The Labute approximate surface area is 497 Å². The predicted molar refractivity (Wildman–Crippen MR) is 344 cm³/mol. The number of quaternary nitrogens is 1. The molecule has 0 aromatic heterocycles. The summed E-state index contributed by atoms with van der Waals surface area (Å²) in [7, 11) is 1.49. The highest BCUT2D eigenvalue weighted by molar-refractivity contribution is 7.47. The van der Waals surface area contributed by atoms with Crippen molar-refractivity contribution in [1.29, 1.82) is 0 Å². The van der Waals surface area contributed by atoms with Crippen LogP contribution in [-0.4, -0.2) is 74.9 Å². The lowest BCUT2D eigenvalue weighted by atomic mass is 10.0.